The lowest BCUT2D eigenvalue weighted by Gasteiger charge is -2.29. The van der Waals surface area contributed by atoms with Crippen LogP contribution in [-0.2, 0) is 23.0 Å². The van der Waals surface area contributed by atoms with Crippen LogP contribution in [0.3, 0.4) is 0 Å². The Hall–Kier alpha value is -2.18. The molecule has 154 valence electrons. The lowest BCUT2D eigenvalue weighted by molar-refractivity contribution is 0.0734. The van der Waals surface area contributed by atoms with Crippen molar-refractivity contribution in [2.45, 2.75) is 50.5 Å². The van der Waals surface area contributed by atoms with Crippen LogP contribution in [0.5, 0.6) is 0 Å². The number of nitrogens with zero attached hydrogens (tertiary/aromatic N) is 2. The molecule has 0 unspecified atom stereocenters. The van der Waals surface area contributed by atoms with Gasteiger partial charge in [0.2, 0.25) is 10.0 Å². The quantitative estimate of drug-likeness (QED) is 0.771. The Balaban J connectivity index is 1.60. The number of amides is 1. The molecule has 2 aliphatic rings. The van der Waals surface area contributed by atoms with Gasteiger partial charge in [0.1, 0.15) is 0 Å². The molecule has 2 aliphatic heterocycles. The van der Waals surface area contributed by atoms with E-state index in [4.69, 9.17) is 0 Å². The second-order valence-corrected chi connectivity index (χ2v) is 9.95. The topological polar surface area (TPSA) is 57.7 Å². The number of carbonyl (C=O) groups is 1. The molecule has 0 aliphatic carbocycles. The Morgan fingerprint density at radius 1 is 0.897 bits per heavy atom. The molecule has 0 spiro atoms. The summed E-state index contributed by atoms with van der Waals surface area (Å²) < 4.78 is 28.1. The largest absolute Gasteiger partial charge is 0.334 e. The summed E-state index contributed by atoms with van der Waals surface area (Å²) in [5.41, 5.74) is 3.58. The molecule has 0 atom stereocenters. The van der Waals surface area contributed by atoms with Crippen molar-refractivity contribution in [3.63, 3.8) is 0 Å². The maximum Gasteiger partial charge on any atom is 0.254 e. The normalized spacial score (nSPS) is 18.2. The number of aryl methyl sites for hydroxylation is 1. The molecule has 1 fully saturated rings. The van der Waals surface area contributed by atoms with Crippen LogP contribution >= 0.6 is 0 Å². The van der Waals surface area contributed by atoms with Gasteiger partial charge in [-0.2, -0.15) is 4.31 Å². The van der Waals surface area contributed by atoms with E-state index < -0.39 is 10.0 Å². The first-order valence-electron chi connectivity index (χ1n) is 10.4. The maximum atomic E-state index is 13.3. The van der Waals surface area contributed by atoms with Gasteiger partial charge >= 0.3 is 0 Å². The SMILES string of the molecule is Cc1ccc(C(=O)N2CCc3ccccc3C2)cc1S(=O)(=O)N1CCCCCC1. The Bertz CT molecular complexity index is 1010. The zero-order valence-corrected chi connectivity index (χ0v) is 17.7. The molecule has 0 N–H and O–H groups in total. The molecule has 6 heteroatoms. The molecular formula is C23H28N2O3S. The minimum absolute atomic E-state index is 0.105. The van der Waals surface area contributed by atoms with Gasteiger partial charge in [-0.25, -0.2) is 8.42 Å². The number of carbonyl (C=O) groups excluding carboxylic acids is 1. The fourth-order valence-corrected chi connectivity index (χ4v) is 6.05. The van der Waals surface area contributed by atoms with Crippen LogP contribution in [0.4, 0.5) is 0 Å². The molecule has 5 nitrogen and oxygen atoms in total. The fourth-order valence-electron chi connectivity index (χ4n) is 4.28. The molecule has 1 amide bonds. The third-order valence-corrected chi connectivity index (χ3v) is 8.08. The van der Waals surface area contributed by atoms with Crippen molar-refractivity contribution in [2.75, 3.05) is 19.6 Å². The third-order valence-electron chi connectivity index (χ3n) is 6.04. The molecule has 29 heavy (non-hydrogen) atoms. The number of sulfonamides is 1. The predicted octanol–water partition coefficient (Wildman–Crippen LogP) is 3.76. The van der Waals surface area contributed by atoms with E-state index in [1.54, 1.807) is 29.4 Å². The second-order valence-electron chi connectivity index (χ2n) is 8.04. The number of hydrogen-bond donors (Lipinski definition) is 0. The zero-order chi connectivity index (χ0) is 20.4. The van der Waals surface area contributed by atoms with Gasteiger partial charge in [-0.3, -0.25) is 4.79 Å². The zero-order valence-electron chi connectivity index (χ0n) is 16.9. The van der Waals surface area contributed by atoms with Crippen molar-refractivity contribution in [3.05, 3.63) is 64.7 Å². The molecule has 2 heterocycles. The van der Waals surface area contributed by atoms with Gasteiger partial charge < -0.3 is 4.90 Å². The summed E-state index contributed by atoms with van der Waals surface area (Å²) in [4.78, 5) is 15.2. The van der Waals surface area contributed by atoms with Crippen LogP contribution in [0.1, 0.15) is 52.7 Å². The van der Waals surface area contributed by atoms with Gasteiger partial charge in [-0.15, -0.1) is 0 Å². The maximum absolute atomic E-state index is 13.3. The second kappa shape index (κ2) is 8.28. The highest BCUT2D eigenvalue weighted by Gasteiger charge is 2.28. The van der Waals surface area contributed by atoms with Crippen LogP contribution in [-0.4, -0.2) is 43.2 Å². The van der Waals surface area contributed by atoms with Gasteiger partial charge in [0.15, 0.2) is 0 Å². The van der Waals surface area contributed by atoms with E-state index >= 15 is 0 Å². The van der Waals surface area contributed by atoms with E-state index in [0.29, 0.717) is 37.3 Å². The van der Waals surface area contributed by atoms with Crippen molar-refractivity contribution >= 4 is 15.9 Å². The first-order valence-corrected chi connectivity index (χ1v) is 11.9. The molecule has 0 aromatic heterocycles. The van der Waals surface area contributed by atoms with Crippen molar-refractivity contribution in [2.24, 2.45) is 0 Å². The van der Waals surface area contributed by atoms with E-state index in [0.717, 1.165) is 37.7 Å². The molecule has 2 aromatic rings. The molecule has 2 aromatic carbocycles. The highest BCUT2D eigenvalue weighted by Crippen LogP contribution is 2.26. The Morgan fingerprint density at radius 3 is 2.31 bits per heavy atom. The minimum atomic E-state index is -3.59. The van der Waals surface area contributed by atoms with E-state index in [1.807, 2.05) is 17.0 Å². The van der Waals surface area contributed by atoms with Gasteiger partial charge in [0, 0.05) is 31.7 Å². The lowest BCUT2D eigenvalue weighted by Crippen LogP contribution is -2.36. The smallest absolute Gasteiger partial charge is 0.254 e. The van der Waals surface area contributed by atoms with Crippen molar-refractivity contribution in [1.29, 1.82) is 0 Å². The number of fused-ring (bicyclic) bond motifs is 1. The number of benzene rings is 2. The summed E-state index contributed by atoms with van der Waals surface area (Å²) >= 11 is 0. The summed E-state index contributed by atoms with van der Waals surface area (Å²) in [6, 6.07) is 13.3. The van der Waals surface area contributed by atoms with Crippen molar-refractivity contribution < 1.29 is 13.2 Å². The summed E-state index contributed by atoms with van der Waals surface area (Å²) in [6.07, 6.45) is 4.75. The van der Waals surface area contributed by atoms with Gasteiger partial charge in [-0.05, 0) is 55.0 Å². The Labute approximate surface area is 173 Å². The van der Waals surface area contributed by atoms with Crippen molar-refractivity contribution in [3.8, 4) is 0 Å². The van der Waals surface area contributed by atoms with Crippen LogP contribution in [0, 0.1) is 6.92 Å². The Morgan fingerprint density at radius 2 is 1.59 bits per heavy atom. The van der Waals surface area contributed by atoms with E-state index in [9.17, 15) is 13.2 Å². The summed E-state index contributed by atoms with van der Waals surface area (Å²) in [5.74, 6) is -0.105. The average molecular weight is 413 g/mol. The van der Waals surface area contributed by atoms with Crippen molar-refractivity contribution in [1.82, 2.24) is 9.21 Å². The monoisotopic (exact) mass is 412 g/mol. The van der Waals surface area contributed by atoms with Gasteiger partial charge in [0.05, 0.1) is 4.90 Å². The molecule has 0 saturated carbocycles. The Kier molecular flexibility index (Phi) is 5.74. The third kappa shape index (κ3) is 4.09. The van der Waals surface area contributed by atoms with E-state index in [2.05, 4.69) is 12.1 Å². The summed E-state index contributed by atoms with van der Waals surface area (Å²) in [6.45, 7) is 4.14. The van der Waals surface area contributed by atoms with Crippen LogP contribution < -0.4 is 0 Å². The van der Waals surface area contributed by atoms with Gasteiger partial charge in [0.25, 0.3) is 5.91 Å². The molecule has 0 bridgehead atoms. The first-order chi connectivity index (χ1) is 14.0. The van der Waals surface area contributed by atoms with Crippen LogP contribution in [0.25, 0.3) is 0 Å². The highest BCUT2D eigenvalue weighted by molar-refractivity contribution is 7.89. The first kappa shape index (κ1) is 20.1. The van der Waals surface area contributed by atoms with Gasteiger partial charge in [-0.1, -0.05) is 43.2 Å². The van der Waals surface area contributed by atoms with E-state index in [1.165, 1.54) is 5.56 Å². The molecule has 4 rings (SSSR count). The fraction of sp³-hybridized carbons (Fsp3) is 0.435. The highest BCUT2D eigenvalue weighted by atomic mass is 32.2. The lowest BCUT2D eigenvalue weighted by atomic mass is 9.99. The summed E-state index contributed by atoms with van der Waals surface area (Å²) in [5, 5.41) is 0. The standard InChI is InChI=1S/C23H28N2O3S/c1-18-10-11-20(16-22(18)29(27,28)25-13-6-2-3-7-14-25)23(26)24-15-12-19-8-4-5-9-21(19)17-24/h4-5,8-11,16H,2-3,6-7,12-15,17H2,1H3. The molecule has 0 radical (unpaired) electrons. The predicted molar refractivity (Wildman–Crippen MR) is 113 cm³/mol. The number of hydrogen-bond acceptors (Lipinski definition) is 3. The number of rotatable bonds is 3. The van der Waals surface area contributed by atoms with Crippen LogP contribution in [0.15, 0.2) is 47.4 Å². The minimum Gasteiger partial charge on any atom is -0.334 e. The van der Waals surface area contributed by atoms with E-state index in [-0.39, 0.29) is 10.8 Å². The summed E-state index contributed by atoms with van der Waals surface area (Å²) in [7, 11) is -3.59. The molecular weight excluding hydrogens is 384 g/mol. The average Bonchev–Trinajstić information content (AvgIpc) is 3.03. The molecule has 1 saturated heterocycles. The van der Waals surface area contributed by atoms with Crippen LogP contribution in [0.2, 0.25) is 0 Å².